The lowest BCUT2D eigenvalue weighted by Crippen LogP contribution is -2.10. The van der Waals surface area contributed by atoms with Crippen LogP contribution in [0.2, 0.25) is 0 Å². The standard InChI is InChI=1S/C58H39NO/c1-3-15-40(16-4-1)45-33-38-54-57(39-45)60-56-28-14-27-55(58(54)56)59(46-34-29-43(30-35-46)49-26-13-20-42-19-7-8-21-48(42)49)47-36-31-44(32-37-47)51-23-10-12-25-53(51)52-24-11-9-22-50(52)41-17-5-2-6-18-41/h1-39H. The van der Waals surface area contributed by atoms with Crippen LogP contribution in [0.5, 0.6) is 0 Å². The van der Waals surface area contributed by atoms with Crippen LogP contribution in [0.25, 0.3) is 88.3 Å². The second-order valence-corrected chi connectivity index (χ2v) is 15.2. The Labute approximate surface area is 349 Å². The fraction of sp³-hybridized carbons (Fsp3) is 0. The summed E-state index contributed by atoms with van der Waals surface area (Å²) in [5, 5.41) is 4.65. The van der Waals surface area contributed by atoms with Crippen molar-refractivity contribution in [2.75, 3.05) is 4.90 Å². The normalized spacial score (nSPS) is 11.3. The minimum Gasteiger partial charge on any atom is -0.456 e. The van der Waals surface area contributed by atoms with Crippen molar-refractivity contribution in [2.24, 2.45) is 0 Å². The first-order valence-corrected chi connectivity index (χ1v) is 20.5. The quantitative estimate of drug-likeness (QED) is 0.153. The van der Waals surface area contributed by atoms with E-state index in [-0.39, 0.29) is 0 Å². The van der Waals surface area contributed by atoms with Crippen LogP contribution in [0.1, 0.15) is 0 Å². The Kier molecular flexibility index (Phi) is 8.87. The van der Waals surface area contributed by atoms with Gasteiger partial charge in [-0.1, -0.05) is 188 Å². The molecular formula is C58H39NO. The summed E-state index contributed by atoms with van der Waals surface area (Å²) in [6.07, 6.45) is 0. The molecule has 10 aromatic carbocycles. The molecule has 1 heterocycles. The summed E-state index contributed by atoms with van der Waals surface area (Å²) in [5.74, 6) is 0. The van der Waals surface area contributed by atoms with Gasteiger partial charge in [-0.2, -0.15) is 0 Å². The minimum atomic E-state index is 0.854. The summed E-state index contributed by atoms with van der Waals surface area (Å²) in [7, 11) is 0. The maximum Gasteiger partial charge on any atom is 0.137 e. The molecule has 0 unspecified atom stereocenters. The van der Waals surface area contributed by atoms with E-state index in [9.17, 15) is 0 Å². The van der Waals surface area contributed by atoms with Crippen molar-refractivity contribution in [1.29, 1.82) is 0 Å². The molecule has 0 saturated heterocycles. The van der Waals surface area contributed by atoms with E-state index < -0.39 is 0 Å². The van der Waals surface area contributed by atoms with Crippen molar-refractivity contribution in [1.82, 2.24) is 0 Å². The van der Waals surface area contributed by atoms with E-state index in [1.807, 2.05) is 0 Å². The van der Waals surface area contributed by atoms with Gasteiger partial charge in [-0.3, -0.25) is 0 Å². The maximum absolute atomic E-state index is 6.64. The van der Waals surface area contributed by atoms with Gasteiger partial charge >= 0.3 is 0 Å². The zero-order chi connectivity index (χ0) is 39.8. The summed E-state index contributed by atoms with van der Waals surface area (Å²) < 4.78 is 6.64. The molecule has 60 heavy (non-hydrogen) atoms. The van der Waals surface area contributed by atoms with Crippen molar-refractivity contribution in [3.63, 3.8) is 0 Å². The predicted molar refractivity (Wildman–Crippen MR) is 253 cm³/mol. The van der Waals surface area contributed by atoms with Gasteiger partial charge < -0.3 is 9.32 Å². The fourth-order valence-electron chi connectivity index (χ4n) is 8.85. The molecule has 2 nitrogen and oxygen atoms in total. The second kappa shape index (κ2) is 15.1. The summed E-state index contributed by atoms with van der Waals surface area (Å²) in [6.45, 7) is 0. The first-order valence-electron chi connectivity index (χ1n) is 20.5. The largest absolute Gasteiger partial charge is 0.456 e. The fourth-order valence-corrected chi connectivity index (χ4v) is 8.85. The Bertz CT molecular complexity index is 3290. The van der Waals surface area contributed by atoms with Crippen molar-refractivity contribution >= 4 is 49.8 Å². The highest BCUT2D eigenvalue weighted by Gasteiger charge is 2.21. The summed E-state index contributed by atoms with van der Waals surface area (Å²) in [4.78, 5) is 2.37. The third-order valence-electron chi connectivity index (χ3n) is 11.7. The van der Waals surface area contributed by atoms with Crippen LogP contribution in [-0.4, -0.2) is 0 Å². The summed E-state index contributed by atoms with van der Waals surface area (Å²) >= 11 is 0. The molecule has 282 valence electrons. The number of hydrogen-bond acceptors (Lipinski definition) is 2. The Hall–Kier alpha value is -7.94. The van der Waals surface area contributed by atoms with Crippen molar-refractivity contribution in [2.45, 2.75) is 0 Å². The van der Waals surface area contributed by atoms with Gasteiger partial charge in [-0.05, 0) is 115 Å². The van der Waals surface area contributed by atoms with Crippen LogP contribution < -0.4 is 4.90 Å². The van der Waals surface area contributed by atoms with Crippen molar-refractivity contribution < 1.29 is 4.42 Å². The van der Waals surface area contributed by atoms with E-state index in [0.717, 1.165) is 50.1 Å². The van der Waals surface area contributed by atoms with Gasteiger partial charge in [0.25, 0.3) is 0 Å². The number of rotatable bonds is 8. The van der Waals surface area contributed by atoms with Gasteiger partial charge in [-0.15, -0.1) is 0 Å². The van der Waals surface area contributed by atoms with E-state index >= 15 is 0 Å². The SMILES string of the molecule is c1ccc(-c2ccc3c(c2)oc2cccc(N(c4ccc(-c5ccccc5-c5ccccc5-c5ccccc5)cc4)c4ccc(-c5cccc6ccccc56)cc4)c23)cc1. The van der Waals surface area contributed by atoms with Gasteiger partial charge in [0, 0.05) is 16.8 Å². The van der Waals surface area contributed by atoms with Crippen LogP contribution in [0.4, 0.5) is 17.1 Å². The van der Waals surface area contributed by atoms with Gasteiger partial charge in [0.2, 0.25) is 0 Å². The number of fused-ring (bicyclic) bond motifs is 4. The summed E-state index contributed by atoms with van der Waals surface area (Å²) in [5.41, 5.74) is 16.8. The van der Waals surface area contributed by atoms with Gasteiger partial charge in [0.1, 0.15) is 11.2 Å². The highest BCUT2D eigenvalue weighted by atomic mass is 16.3. The average Bonchev–Trinajstić information content (AvgIpc) is 3.71. The first kappa shape index (κ1) is 35.2. The Morgan fingerprint density at radius 3 is 1.43 bits per heavy atom. The lowest BCUT2D eigenvalue weighted by molar-refractivity contribution is 0.669. The molecule has 0 spiro atoms. The van der Waals surface area contributed by atoms with E-state index in [1.54, 1.807) is 0 Å². The molecule has 0 amide bonds. The molecule has 0 N–H and O–H groups in total. The Morgan fingerprint density at radius 2 is 0.767 bits per heavy atom. The first-order chi connectivity index (χ1) is 29.8. The molecule has 1 aromatic heterocycles. The third kappa shape index (κ3) is 6.32. The van der Waals surface area contributed by atoms with Crippen molar-refractivity contribution in [3.05, 3.63) is 237 Å². The molecule has 11 aromatic rings. The molecule has 11 rings (SSSR count). The number of benzene rings is 10. The minimum absolute atomic E-state index is 0.854. The van der Waals surface area contributed by atoms with E-state index in [0.29, 0.717) is 0 Å². The van der Waals surface area contributed by atoms with E-state index in [1.165, 1.54) is 55.3 Å². The number of furan rings is 1. The average molecular weight is 766 g/mol. The molecule has 0 radical (unpaired) electrons. The van der Waals surface area contributed by atoms with Gasteiger partial charge in [-0.25, -0.2) is 0 Å². The van der Waals surface area contributed by atoms with Gasteiger partial charge in [0.05, 0.1) is 11.1 Å². The topological polar surface area (TPSA) is 16.4 Å². The Morgan fingerprint density at radius 1 is 0.283 bits per heavy atom. The van der Waals surface area contributed by atoms with Crippen LogP contribution >= 0.6 is 0 Å². The molecule has 0 saturated carbocycles. The molecule has 0 fully saturated rings. The van der Waals surface area contributed by atoms with E-state index in [4.69, 9.17) is 4.42 Å². The lowest BCUT2D eigenvalue weighted by atomic mass is 9.89. The van der Waals surface area contributed by atoms with E-state index in [2.05, 4.69) is 241 Å². The van der Waals surface area contributed by atoms with Gasteiger partial charge in [0.15, 0.2) is 0 Å². The lowest BCUT2D eigenvalue weighted by Gasteiger charge is -2.27. The summed E-state index contributed by atoms with van der Waals surface area (Å²) in [6, 6.07) is 84.7. The van der Waals surface area contributed by atoms with Crippen LogP contribution in [0.15, 0.2) is 241 Å². The molecule has 0 atom stereocenters. The number of hydrogen-bond donors (Lipinski definition) is 0. The van der Waals surface area contributed by atoms with Crippen LogP contribution in [0, 0.1) is 0 Å². The maximum atomic E-state index is 6.64. The second-order valence-electron chi connectivity index (χ2n) is 15.2. The van der Waals surface area contributed by atoms with Crippen molar-refractivity contribution in [3.8, 4) is 55.6 Å². The third-order valence-corrected chi connectivity index (χ3v) is 11.7. The molecule has 2 heteroatoms. The highest BCUT2D eigenvalue weighted by Crippen LogP contribution is 2.45. The molecule has 0 aliphatic carbocycles. The zero-order valence-electron chi connectivity index (χ0n) is 32.9. The van der Waals surface area contributed by atoms with Crippen LogP contribution in [0.3, 0.4) is 0 Å². The molecule has 0 aliphatic heterocycles. The van der Waals surface area contributed by atoms with Crippen LogP contribution in [-0.2, 0) is 0 Å². The molecule has 0 aliphatic rings. The number of anilines is 3. The predicted octanol–water partition coefficient (Wildman–Crippen LogP) is 16.5. The molecular weight excluding hydrogens is 727 g/mol. The highest BCUT2D eigenvalue weighted by molar-refractivity contribution is 6.14. The Balaban J connectivity index is 1.05. The molecule has 0 bridgehead atoms. The smallest absolute Gasteiger partial charge is 0.137 e. The monoisotopic (exact) mass is 765 g/mol. The zero-order valence-corrected chi connectivity index (χ0v) is 32.9. The number of nitrogens with zero attached hydrogens (tertiary/aromatic N) is 1.